The zero-order valence-corrected chi connectivity index (χ0v) is 14.3. The van der Waals surface area contributed by atoms with Crippen LogP contribution in [0.15, 0.2) is 71.0 Å². The van der Waals surface area contributed by atoms with E-state index in [0.717, 1.165) is 0 Å². The summed E-state index contributed by atoms with van der Waals surface area (Å²) in [6.45, 7) is 0. The van der Waals surface area contributed by atoms with Crippen molar-refractivity contribution in [1.29, 1.82) is 0 Å². The van der Waals surface area contributed by atoms with Crippen molar-refractivity contribution in [2.24, 2.45) is 10.3 Å². The molecular formula is C18H18N4O4. The van der Waals surface area contributed by atoms with E-state index in [2.05, 4.69) is 20.9 Å². The van der Waals surface area contributed by atoms with Gasteiger partial charge in [0.2, 0.25) is 0 Å². The first kappa shape index (κ1) is 18.7. The lowest BCUT2D eigenvalue weighted by molar-refractivity contribution is 0.151. The van der Waals surface area contributed by atoms with Crippen LogP contribution in [-0.2, 0) is 9.68 Å². The summed E-state index contributed by atoms with van der Waals surface area (Å²) in [7, 11) is 2.84. The first-order valence-corrected chi connectivity index (χ1v) is 7.70. The van der Waals surface area contributed by atoms with Gasteiger partial charge in [-0.1, -0.05) is 71.0 Å². The van der Waals surface area contributed by atoms with Crippen molar-refractivity contribution in [2.75, 3.05) is 14.1 Å². The lowest BCUT2D eigenvalue weighted by atomic mass is 10.00. The minimum atomic E-state index is -0.738. The number of amides is 2. The third-order valence-corrected chi connectivity index (χ3v) is 3.17. The van der Waals surface area contributed by atoms with Crippen molar-refractivity contribution in [1.82, 2.24) is 10.6 Å². The van der Waals surface area contributed by atoms with Gasteiger partial charge in [0.25, 0.3) is 0 Å². The van der Waals surface area contributed by atoms with Crippen LogP contribution in [0.25, 0.3) is 0 Å². The van der Waals surface area contributed by atoms with Crippen molar-refractivity contribution < 1.29 is 19.3 Å². The van der Waals surface area contributed by atoms with Gasteiger partial charge in [0.05, 0.1) is 0 Å². The fraction of sp³-hybridized carbons (Fsp3) is 0.111. The Bertz CT molecular complexity index is 735. The van der Waals surface area contributed by atoms with Gasteiger partial charge in [-0.15, -0.1) is 0 Å². The van der Waals surface area contributed by atoms with Crippen molar-refractivity contribution in [3.8, 4) is 0 Å². The smallest absolute Gasteiger partial charge is 0.323 e. The Balaban J connectivity index is 2.53. The number of carbonyl (C=O) groups is 2. The van der Waals surface area contributed by atoms with E-state index in [0.29, 0.717) is 11.1 Å². The van der Waals surface area contributed by atoms with Crippen molar-refractivity contribution in [2.45, 2.75) is 0 Å². The molecule has 2 rings (SSSR count). The van der Waals surface area contributed by atoms with Crippen molar-refractivity contribution >= 4 is 23.6 Å². The lowest BCUT2D eigenvalue weighted by Gasteiger charge is -2.10. The highest BCUT2D eigenvalue weighted by Gasteiger charge is 2.18. The molecule has 0 fully saturated rings. The van der Waals surface area contributed by atoms with Crippen molar-refractivity contribution in [3.05, 3.63) is 71.8 Å². The minimum absolute atomic E-state index is 0.226. The molecule has 0 saturated carbocycles. The zero-order valence-electron chi connectivity index (χ0n) is 14.3. The highest BCUT2D eigenvalue weighted by molar-refractivity contribution is 6.53. The van der Waals surface area contributed by atoms with Gasteiger partial charge >= 0.3 is 12.2 Å². The van der Waals surface area contributed by atoms with E-state index in [1.54, 1.807) is 48.5 Å². The molecular weight excluding hydrogens is 336 g/mol. The van der Waals surface area contributed by atoms with Crippen LogP contribution in [0.3, 0.4) is 0 Å². The second-order valence-electron chi connectivity index (χ2n) is 4.87. The van der Waals surface area contributed by atoms with Gasteiger partial charge in [0, 0.05) is 25.2 Å². The molecule has 0 bridgehead atoms. The van der Waals surface area contributed by atoms with Crippen LogP contribution in [0, 0.1) is 0 Å². The first-order chi connectivity index (χ1) is 12.7. The molecule has 2 N–H and O–H groups in total. The van der Waals surface area contributed by atoms with E-state index in [4.69, 9.17) is 9.68 Å². The summed E-state index contributed by atoms with van der Waals surface area (Å²) >= 11 is 0. The molecule has 0 aliphatic carbocycles. The van der Waals surface area contributed by atoms with Crippen LogP contribution in [0.4, 0.5) is 9.59 Å². The molecule has 2 amide bonds. The number of nitrogens with one attached hydrogen (secondary N) is 2. The first-order valence-electron chi connectivity index (χ1n) is 7.70. The number of hydrogen-bond donors (Lipinski definition) is 2. The Morgan fingerprint density at radius 2 is 1.04 bits per heavy atom. The van der Waals surface area contributed by atoms with Gasteiger partial charge in [-0.2, -0.15) is 0 Å². The summed E-state index contributed by atoms with van der Waals surface area (Å²) in [5.74, 6) is 0. The molecule has 2 aromatic rings. The van der Waals surface area contributed by atoms with Crippen LogP contribution in [0.1, 0.15) is 11.1 Å². The van der Waals surface area contributed by atoms with Crippen LogP contribution in [0.5, 0.6) is 0 Å². The number of nitrogens with zero attached hydrogens (tertiary/aromatic N) is 2. The van der Waals surface area contributed by atoms with Crippen LogP contribution >= 0.6 is 0 Å². The van der Waals surface area contributed by atoms with Gasteiger partial charge < -0.3 is 10.6 Å². The van der Waals surface area contributed by atoms with Crippen LogP contribution in [0.2, 0.25) is 0 Å². The van der Waals surface area contributed by atoms with E-state index < -0.39 is 12.2 Å². The molecule has 0 saturated heterocycles. The van der Waals surface area contributed by atoms with E-state index >= 15 is 0 Å². The molecule has 134 valence electrons. The molecule has 0 atom stereocenters. The Labute approximate surface area is 150 Å². The number of rotatable bonds is 5. The zero-order chi connectivity index (χ0) is 18.8. The predicted octanol–water partition coefficient (Wildman–Crippen LogP) is 2.51. The van der Waals surface area contributed by atoms with Gasteiger partial charge in [0.1, 0.15) is 11.4 Å². The lowest BCUT2D eigenvalue weighted by Crippen LogP contribution is -2.23. The Morgan fingerprint density at radius 3 is 1.35 bits per heavy atom. The summed E-state index contributed by atoms with van der Waals surface area (Å²) < 4.78 is 0. The number of hydrogen-bond acceptors (Lipinski definition) is 6. The van der Waals surface area contributed by atoms with Gasteiger partial charge in [0.15, 0.2) is 0 Å². The molecule has 2 aromatic carbocycles. The normalized spacial score (nSPS) is 11.5. The molecule has 0 aromatic heterocycles. The molecule has 0 aliphatic heterocycles. The largest absolute Gasteiger partial charge is 0.433 e. The van der Waals surface area contributed by atoms with E-state index in [1.807, 2.05) is 12.1 Å². The maximum Gasteiger partial charge on any atom is 0.433 e. The van der Waals surface area contributed by atoms with Gasteiger partial charge in [-0.05, 0) is 0 Å². The second-order valence-corrected chi connectivity index (χ2v) is 4.87. The van der Waals surface area contributed by atoms with E-state index in [9.17, 15) is 9.59 Å². The third-order valence-electron chi connectivity index (χ3n) is 3.17. The minimum Gasteiger partial charge on any atom is -0.323 e. The van der Waals surface area contributed by atoms with Crippen molar-refractivity contribution in [3.63, 3.8) is 0 Å². The molecule has 0 radical (unpaired) electrons. The van der Waals surface area contributed by atoms with E-state index in [-0.39, 0.29) is 11.4 Å². The molecule has 8 nitrogen and oxygen atoms in total. The number of oxime groups is 2. The summed E-state index contributed by atoms with van der Waals surface area (Å²) in [6, 6.07) is 17.9. The highest BCUT2D eigenvalue weighted by Crippen LogP contribution is 2.11. The fourth-order valence-electron chi connectivity index (χ4n) is 1.92. The maximum absolute atomic E-state index is 11.4. The molecule has 0 unspecified atom stereocenters. The highest BCUT2D eigenvalue weighted by atomic mass is 16.7. The van der Waals surface area contributed by atoms with Crippen LogP contribution < -0.4 is 10.6 Å². The Hall–Kier alpha value is -3.68. The summed E-state index contributed by atoms with van der Waals surface area (Å²) in [5.41, 5.74) is 1.70. The SMILES string of the molecule is CNC(=O)ON=C(C(=NOC(=O)NC)c1ccccc1)c1ccccc1. The van der Waals surface area contributed by atoms with Gasteiger partial charge in [-0.3, -0.25) is 9.68 Å². The monoisotopic (exact) mass is 354 g/mol. The molecule has 8 heteroatoms. The molecule has 0 aliphatic rings. The summed E-state index contributed by atoms with van der Waals surface area (Å²) in [4.78, 5) is 32.6. The summed E-state index contributed by atoms with van der Waals surface area (Å²) in [6.07, 6.45) is -1.48. The number of carbonyl (C=O) groups excluding carboxylic acids is 2. The molecule has 26 heavy (non-hydrogen) atoms. The predicted molar refractivity (Wildman–Crippen MR) is 97.0 cm³/mol. The summed E-state index contributed by atoms with van der Waals surface area (Å²) in [5, 5.41) is 12.4. The standard InChI is InChI=1S/C18H18N4O4/c1-19-17(23)25-21-15(13-9-5-3-6-10-13)16(22-26-18(24)20-2)14-11-7-4-8-12-14/h3-12H,1-2H3,(H,19,23)(H,20,24). The van der Waals surface area contributed by atoms with Gasteiger partial charge in [-0.25, -0.2) is 9.59 Å². The maximum atomic E-state index is 11.4. The quantitative estimate of drug-likeness (QED) is 0.489. The topological polar surface area (TPSA) is 101 Å². The number of benzene rings is 2. The second kappa shape index (κ2) is 9.58. The fourth-order valence-corrected chi connectivity index (χ4v) is 1.92. The average molecular weight is 354 g/mol. The van der Waals surface area contributed by atoms with Crippen LogP contribution in [-0.4, -0.2) is 37.7 Å². The average Bonchev–Trinajstić information content (AvgIpc) is 2.71. The Kier molecular flexibility index (Phi) is 6.87. The Morgan fingerprint density at radius 1 is 0.692 bits per heavy atom. The van der Waals surface area contributed by atoms with E-state index in [1.165, 1.54) is 14.1 Å². The third kappa shape index (κ3) is 5.17. The molecule has 0 heterocycles. The molecule has 0 spiro atoms.